The summed E-state index contributed by atoms with van der Waals surface area (Å²) >= 11 is 0. The average Bonchev–Trinajstić information content (AvgIpc) is 2.61. The van der Waals surface area contributed by atoms with E-state index >= 15 is 0 Å². The molecule has 0 atom stereocenters. The molecule has 2 aromatic carbocycles. The van der Waals surface area contributed by atoms with Crippen LogP contribution in [0.5, 0.6) is 11.5 Å². The number of benzene rings is 2. The Labute approximate surface area is 139 Å². The zero-order valence-corrected chi connectivity index (χ0v) is 12.7. The Bertz CT molecular complexity index is 1010. The van der Waals surface area contributed by atoms with Gasteiger partial charge in [-0.1, -0.05) is 30.3 Å². The second-order valence-electron chi connectivity index (χ2n) is 5.47. The van der Waals surface area contributed by atoms with Crippen LogP contribution >= 0.6 is 0 Å². The van der Waals surface area contributed by atoms with Gasteiger partial charge in [0.05, 0.1) is 10.9 Å². The Morgan fingerprint density at radius 3 is 2.36 bits per heavy atom. The van der Waals surface area contributed by atoms with E-state index in [1.807, 2.05) is 0 Å². The van der Waals surface area contributed by atoms with Gasteiger partial charge in [0.2, 0.25) is 16.9 Å². The van der Waals surface area contributed by atoms with Crippen molar-refractivity contribution in [1.82, 2.24) is 0 Å². The number of hydrogen-bond acceptors (Lipinski definition) is 4. The van der Waals surface area contributed by atoms with Crippen LogP contribution in [0.4, 0.5) is 13.2 Å². The predicted molar refractivity (Wildman–Crippen MR) is 83.9 cm³/mol. The summed E-state index contributed by atoms with van der Waals surface area (Å²) in [5.74, 6) is -1.08. The van der Waals surface area contributed by atoms with Gasteiger partial charge in [-0.2, -0.15) is 13.2 Å². The van der Waals surface area contributed by atoms with Crippen LogP contribution in [0, 0.1) is 0 Å². The summed E-state index contributed by atoms with van der Waals surface area (Å²) in [5, 5.41) is 0.0103. The van der Waals surface area contributed by atoms with Crippen molar-refractivity contribution >= 4 is 11.0 Å². The fourth-order valence-corrected chi connectivity index (χ4v) is 2.83. The lowest BCUT2D eigenvalue weighted by Gasteiger charge is -2.20. The van der Waals surface area contributed by atoms with Crippen molar-refractivity contribution in [2.24, 2.45) is 0 Å². The van der Waals surface area contributed by atoms with Gasteiger partial charge in [-0.25, -0.2) is 0 Å². The number of rotatable bonds is 1. The molecule has 4 nitrogen and oxygen atoms in total. The van der Waals surface area contributed by atoms with E-state index in [1.54, 1.807) is 18.2 Å². The lowest BCUT2D eigenvalue weighted by Crippen LogP contribution is -2.19. The van der Waals surface area contributed by atoms with E-state index in [0.29, 0.717) is 0 Å². The molecule has 1 aliphatic rings. The zero-order chi connectivity index (χ0) is 17.6. The van der Waals surface area contributed by atoms with Gasteiger partial charge < -0.3 is 13.9 Å². The maximum atomic E-state index is 13.6. The molecule has 0 saturated carbocycles. The molecule has 25 heavy (non-hydrogen) atoms. The number of halogens is 3. The van der Waals surface area contributed by atoms with Gasteiger partial charge in [0.1, 0.15) is 13.2 Å². The summed E-state index contributed by atoms with van der Waals surface area (Å²) in [6.45, 7) is 0.439. The van der Waals surface area contributed by atoms with Crippen LogP contribution in [0.15, 0.2) is 51.7 Å². The molecular weight excluding hydrogens is 337 g/mol. The smallest absolute Gasteiger partial charge is 0.450 e. The first kappa shape index (κ1) is 15.6. The van der Waals surface area contributed by atoms with Gasteiger partial charge in [-0.05, 0) is 17.7 Å². The molecule has 128 valence electrons. The first-order valence-electron chi connectivity index (χ1n) is 7.49. The highest BCUT2D eigenvalue weighted by Gasteiger charge is 2.40. The molecule has 0 spiro atoms. The molecule has 1 aliphatic heterocycles. The Balaban J connectivity index is 2.12. The zero-order valence-electron chi connectivity index (χ0n) is 12.7. The second kappa shape index (κ2) is 5.54. The molecule has 7 heteroatoms. The number of alkyl halides is 3. The third-order valence-corrected chi connectivity index (χ3v) is 3.89. The van der Waals surface area contributed by atoms with Gasteiger partial charge >= 0.3 is 6.18 Å². The molecule has 0 saturated heterocycles. The Morgan fingerprint density at radius 1 is 0.920 bits per heavy atom. The van der Waals surface area contributed by atoms with Gasteiger partial charge in [0.25, 0.3) is 0 Å². The number of ether oxygens (including phenoxy) is 2. The van der Waals surface area contributed by atoms with Gasteiger partial charge in [0.15, 0.2) is 11.3 Å². The van der Waals surface area contributed by atoms with Crippen molar-refractivity contribution in [3.8, 4) is 22.6 Å². The highest BCUT2D eigenvalue weighted by Crippen LogP contribution is 2.42. The molecule has 2 heterocycles. The minimum atomic E-state index is -4.84. The third-order valence-electron chi connectivity index (χ3n) is 3.89. The first-order valence-corrected chi connectivity index (χ1v) is 7.49. The Kier molecular flexibility index (Phi) is 3.45. The van der Waals surface area contributed by atoms with E-state index in [0.717, 1.165) is 0 Å². The minimum Gasteiger partial charge on any atom is -0.486 e. The largest absolute Gasteiger partial charge is 0.486 e. The summed E-state index contributed by atoms with van der Waals surface area (Å²) in [4.78, 5) is 12.8. The van der Waals surface area contributed by atoms with E-state index < -0.39 is 22.9 Å². The fourth-order valence-electron chi connectivity index (χ4n) is 2.83. The van der Waals surface area contributed by atoms with E-state index in [4.69, 9.17) is 13.9 Å². The maximum absolute atomic E-state index is 13.6. The van der Waals surface area contributed by atoms with Crippen LogP contribution in [0.1, 0.15) is 5.76 Å². The summed E-state index contributed by atoms with van der Waals surface area (Å²) in [7, 11) is 0. The number of hydrogen-bond donors (Lipinski definition) is 0. The van der Waals surface area contributed by atoms with Gasteiger partial charge in [-0.3, -0.25) is 4.79 Å². The maximum Gasteiger partial charge on any atom is 0.450 e. The van der Waals surface area contributed by atoms with Crippen LogP contribution in [0.2, 0.25) is 0 Å². The van der Waals surface area contributed by atoms with Crippen LogP contribution in [0.3, 0.4) is 0 Å². The van der Waals surface area contributed by atoms with Crippen molar-refractivity contribution in [2.75, 3.05) is 13.2 Å². The molecule has 0 fully saturated rings. The highest BCUT2D eigenvalue weighted by atomic mass is 19.4. The van der Waals surface area contributed by atoms with Crippen LogP contribution < -0.4 is 14.9 Å². The summed E-state index contributed by atoms with van der Waals surface area (Å²) in [6.07, 6.45) is -4.84. The average molecular weight is 348 g/mol. The monoisotopic (exact) mass is 348 g/mol. The Hall–Kier alpha value is -2.96. The summed E-state index contributed by atoms with van der Waals surface area (Å²) in [6, 6.07) is 10.5. The molecule has 0 aliphatic carbocycles. The topological polar surface area (TPSA) is 48.7 Å². The third kappa shape index (κ3) is 2.52. The molecule has 0 bridgehead atoms. The minimum absolute atomic E-state index is 0.0103. The lowest BCUT2D eigenvalue weighted by molar-refractivity contribution is -0.152. The molecule has 0 unspecified atom stereocenters. The Morgan fingerprint density at radius 2 is 1.64 bits per heavy atom. The quantitative estimate of drug-likeness (QED) is 0.660. The predicted octanol–water partition coefficient (Wildman–Crippen LogP) is 4.25. The van der Waals surface area contributed by atoms with E-state index in [2.05, 4.69) is 0 Å². The van der Waals surface area contributed by atoms with E-state index in [1.165, 1.54) is 24.3 Å². The van der Waals surface area contributed by atoms with E-state index in [9.17, 15) is 18.0 Å². The van der Waals surface area contributed by atoms with Crippen LogP contribution in [-0.2, 0) is 6.18 Å². The molecular formula is C18H11F3O4. The van der Waals surface area contributed by atoms with Crippen LogP contribution in [-0.4, -0.2) is 13.2 Å². The first-order chi connectivity index (χ1) is 12.0. The lowest BCUT2D eigenvalue weighted by atomic mass is 10.0. The summed E-state index contributed by atoms with van der Waals surface area (Å²) < 4.78 is 56.6. The van der Waals surface area contributed by atoms with Gasteiger partial charge in [0, 0.05) is 0 Å². The van der Waals surface area contributed by atoms with Crippen molar-refractivity contribution in [1.29, 1.82) is 0 Å². The van der Waals surface area contributed by atoms with E-state index in [-0.39, 0.29) is 41.2 Å². The number of fused-ring (bicyclic) bond motifs is 3. The van der Waals surface area contributed by atoms with Crippen LogP contribution in [0.25, 0.3) is 22.1 Å². The van der Waals surface area contributed by atoms with Crippen molar-refractivity contribution < 1.29 is 27.1 Å². The molecule has 0 radical (unpaired) electrons. The standard InChI is InChI=1S/C18H11F3O4/c19-18(20,21)17-13(10-4-2-1-3-5-10)14(22)11-6-7-12-16(15(11)25-17)24-9-8-23-12/h1-7H,8-9H2. The summed E-state index contributed by atoms with van der Waals surface area (Å²) in [5.41, 5.74) is -1.40. The molecule has 3 aromatic rings. The molecule has 0 amide bonds. The molecule has 1 aromatic heterocycles. The highest BCUT2D eigenvalue weighted by molar-refractivity contribution is 5.89. The fraction of sp³-hybridized carbons (Fsp3) is 0.167. The second-order valence-corrected chi connectivity index (χ2v) is 5.47. The van der Waals surface area contributed by atoms with Crippen molar-refractivity contribution in [2.45, 2.75) is 6.18 Å². The molecule has 4 rings (SSSR count). The molecule has 0 N–H and O–H groups in total. The SMILES string of the molecule is O=c1c(-c2ccccc2)c(C(F)(F)F)oc2c3c(ccc12)OCCO3. The van der Waals surface area contributed by atoms with Gasteiger partial charge in [-0.15, -0.1) is 0 Å². The van der Waals surface area contributed by atoms with Crippen molar-refractivity contribution in [3.05, 3.63) is 58.4 Å². The normalized spacial score (nSPS) is 13.9. The van der Waals surface area contributed by atoms with Crippen molar-refractivity contribution in [3.63, 3.8) is 0 Å².